The highest BCUT2D eigenvalue weighted by Gasteiger charge is 2.42. The lowest BCUT2D eigenvalue weighted by Crippen LogP contribution is -2.49. The van der Waals surface area contributed by atoms with Crippen LogP contribution in [-0.2, 0) is 4.79 Å². The Balaban J connectivity index is 2.10. The number of rotatable bonds is 3. The molecular formula is C15H28N2O. The van der Waals surface area contributed by atoms with E-state index in [1.807, 2.05) is 6.92 Å². The lowest BCUT2D eigenvalue weighted by Gasteiger charge is -2.38. The summed E-state index contributed by atoms with van der Waals surface area (Å²) in [5.74, 6) is 1.48. The number of nitrogens with one attached hydrogen (secondary N) is 1. The van der Waals surface area contributed by atoms with Crippen molar-refractivity contribution < 1.29 is 4.79 Å². The van der Waals surface area contributed by atoms with Gasteiger partial charge in [-0.25, -0.2) is 0 Å². The molecule has 3 unspecified atom stereocenters. The zero-order chi connectivity index (χ0) is 13.3. The number of amides is 1. The molecule has 0 bridgehead atoms. The fourth-order valence-electron chi connectivity index (χ4n) is 3.58. The summed E-state index contributed by atoms with van der Waals surface area (Å²) in [6.07, 6.45) is 6.87. The van der Waals surface area contributed by atoms with Crippen LogP contribution in [0.1, 0.15) is 59.8 Å². The molecule has 1 amide bonds. The molecule has 1 saturated heterocycles. The third-order valence-corrected chi connectivity index (χ3v) is 4.75. The van der Waals surface area contributed by atoms with Crippen LogP contribution in [0.3, 0.4) is 0 Å². The zero-order valence-corrected chi connectivity index (χ0v) is 12.3. The van der Waals surface area contributed by atoms with Crippen LogP contribution in [0.25, 0.3) is 0 Å². The van der Waals surface area contributed by atoms with Gasteiger partial charge in [-0.3, -0.25) is 10.1 Å². The third kappa shape index (κ3) is 2.56. The summed E-state index contributed by atoms with van der Waals surface area (Å²) >= 11 is 0. The molecule has 0 radical (unpaired) electrons. The van der Waals surface area contributed by atoms with E-state index in [-0.39, 0.29) is 12.2 Å². The maximum absolute atomic E-state index is 12.4. The van der Waals surface area contributed by atoms with Gasteiger partial charge in [-0.1, -0.05) is 33.1 Å². The van der Waals surface area contributed by atoms with E-state index in [1.165, 1.54) is 32.1 Å². The molecule has 1 aliphatic carbocycles. The molecule has 104 valence electrons. The summed E-state index contributed by atoms with van der Waals surface area (Å²) in [6, 6.07) is 0.381. The van der Waals surface area contributed by atoms with Crippen LogP contribution in [0.5, 0.6) is 0 Å². The second-order valence-corrected chi connectivity index (χ2v) is 6.46. The highest BCUT2D eigenvalue weighted by atomic mass is 16.2. The van der Waals surface area contributed by atoms with Crippen molar-refractivity contribution in [1.29, 1.82) is 0 Å². The Hall–Kier alpha value is -0.570. The Morgan fingerprint density at radius 3 is 2.33 bits per heavy atom. The minimum absolute atomic E-state index is 0.0107. The Morgan fingerprint density at radius 1 is 1.17 bits per heavy atom. The molecule has 0 spiro atoms. The van der Waals surface area contributed by atoms with Crippen molar-refractivity contribution in [2.45, 2.75) is 78.0 Å². The number of carbonyl (C=O) groups excluding carboxylic acids is 1. The maximum Gasteiger partial charge on any atom is 0.240 e. The first-order valence-electron chi connectivity index (χ1n) is 7.60. The van der Waals surface area contributed by atoms with Crippen LogP contribution in [0.2, 0.25) is 0 Å². The lowest BCUT2D eigenvalue weighted by molar-refractivity contribution is -0.133. The predicted octanol–water partition coefficient (Wildman–Crippen LogP) is 2.76. The largest absolute Gasteiger partial charge is 0.323 e. The van der Waals surface area contributed by atoms with Gasteiger partial charge in [0.25, 0.3) is 0 Å². The minimum atomic E-state index is -0.0107. The minimum Gasteiger partial charge on any atom is -0.323 e. The standard InChI is InChI=1S/C15H28N2O/c1-10(2)14-16-11(3)15(18)17(14)12(4)13-8-6-5-7-9-13/h10-14,16H,5-9H2,1-4H3. The fourth-order valence-corrected chi connectivity index (χ4v) is 3.58. The van der Waals surface area contributed by atoms with Gasteiger partial charge in [-0.05, 0) is 38.5 Å². The molecule has 3 nitrogen and oxygen atoms in total. The third-order valence-electron chi connectivity index (χ3n) is 4.75. The molecule has 0 aromatic heterocycles. The van der Waals surface area contributed by atoms with Crippen molar-refractivity contribution in [2.75, 3.05) is 0 Å². The van der Waals surface area contributed by atoms with Crippen molar-refractivity contribution in [3.63, 3.8) is 0 Å². The first-order valence-corrected chi connectivity index (χ1v) is 7.60. The van der Waals surface area contributed by atoms with Gasteiger partial charge < -0.3 is 4.90 Å². The molecule has 1 N–H and O–H groups in total. The van der Waals surface area contributed by atoms with Gasteiger partial charge in [-0.15, -0.1) is 0 Å². The van der Waals surface area contributed by atoms with Gasteiger partial charge in [0.1, 0.15) is 0 Å². The molecule has 0 aromatic carbocycles. The second kappa shape index (κ2) is 5.60. The summed E-state index contributed by atoms with van der Waals surface area (Å²) in [5, 5.41) is 3.45. The van der Waals surface area contributed by atoms with Gasteiger partial charge in [0.05, 0.1) is 12.2 Å². The van der Waals surface area contributed by atoms with Crippen molar-refractivity contribution in [1.82, 2.24) is 10.2 Å². The van der Waals surface area contributed by atoms with E-state index >= 15 is 0 Å². The summed E-state index contributed by atoms with van der Waals surface area (Å²) in [5.41, 5.74) is 0. The van der Waals surface area contributed by atoms with E-state index in [1.54, 1.807) is 0 Å². The monoisotopic (exact) mass is 252 g/mol. The summed E-state index contributed by atoms with van der Waals surface area (Å²) in [6.45, 7) is 8.64. The quantitative estimate of drug-likeness (QED) is 0.837. The highest BCUT2D eigenvalue weighted by Crippen LogP contribution is 2.32. The molecule has 3 atom stereocenters. The number of hydrogen-bond donors (Lipinski definition) is 1. The van der Waals surface area contributed by atoms with E-state index in [0.717, 1.165) is 0 Å². The Morgan fingerprint density at radius 2 is 1.78 bits per heavy atom. The first kappa shape index (κ1) is 13.9. The van der Waals surface area contributed by atoms with Gasteiger partial charge in [0, 0.05) is 6.04 Å². The fraction of sp³-hybridized carbons (Fsp3) is 0.933. The molecule has 3 heteroatoms. The van der Waals surface area contributed by atoms with E-state index < -0.39 is 0 Å². The van der Waals surface area contributed by atoms with Gasteiger partial charge >= 0.3 is 0 Å². The Labute approximate surface area is 111 Å². The molecule has 2 aliphatic rings. The van der Waals surface area contributed by atoms with Crippen molar-refractivity contribution in [3.05, 3.63) is 0 Å². The lowest BCUT2D eigenvalue weighted by atomic mass is 9.83. The number of nitrogens with zero attached hydrogens (tertiary/aromatic N) is 1. The van der Waals surface area contributed by atoms with Crippen molar-refractivity contribution in [2.24, 2.45) is 11.8 Å². The molecular weight excluding hydrogens is 224 g/mol. The second-order valence-electron chi connectivity index (χ2n) is 6.46. The highest BCUT2D eigenvalue weighted by molar-refractivity contribution is 5.84. The summed E-state index contributed by atoms with van der Waals surface area (Å²) < 4.78 is 0. The zero-order valence-electron chi connectivity index (χ0n) is 12.3. The van der Waals surface area contributed by atoms with Crippen LogP contribution in [0.15, 0.2) is 0 Å². The van der Waals surface area contributed by atoms with Crippen LogP contribution in [0.4, 0.5) is 0 Å². The van der Waals surface area contributed by atoms with Crippen molar-refractivity contribution >= 4 is 5.91 Å². The molecule has 18 heavy (non-hydrogen) atoms. The Kier molecular flexibility index (Phi) is 4.31. The van der Waals surface area contributed by atoms with E-state index in [4.69, 9.17) is 0 Å². The molecule has 1 saturated carbocycles. The van der Waals surface area contributed by atoms with Gasteiger partial charge in [0.2, 0.25) is 5.91 Å². The average molecular weight is 252 g/mol. The van der Waals surface area contributed by atoms with Gasteiger partial charge in [0.15, 0.2) is 0 Å². The predicted molar refractivity (Wildman–Crippen MR) is 74.1 cm³/mol. The molecule has 2 fully saturated rings. The van der Waals surface area contributed by atoms with Gasteiger partial charge in [-0.2, -0.15) is 0 Å². The molecule has 1 aliphatic heterocycles. The number of hydrogen-bond acceptors (Lipinski definition) is 2. The topological polar surface area (TPSA) is 32.3 Å². The van der Waals surface area contributed by atoms with Crippen LogP contribution in [0, 0.1) is 11.8 Å². The smallest absolute Gasteiger partial charge is 0.240 e. The number of carbonyl (C=O) groups is 1. The molecule has 0 aromatic rings. The molecule has 1 heterocycles. The summed E-state index contributed by atoms with van der Waals surface area (Å²) in [7, 11) is 0. The Bertz CT molecular complexity index is 297. The van der Waals surface area contributed by atoms with Crippen molar-refractivity contribution in [3.8, 4) is 0 Å². The van der Waals surface area contributed by atoms with Crippen LogP contribution >= 0.6 is 0 Å². The van der Waals surface area contributed by atoms with Crippen LogP contribution in [-0.4, -0.2) is 29.1 Å². The SMILES string of the molecule is CC1NC(C(C)C)N(C(C)C2CCCCC2)C1=O. The summed E-state index contributed by atoms with van der Waals surface area (Å²) in [4.78, 5) is 14.5. The average Bonchev–Trinajstić information content (AvgIpc) is 2.66. The van der Waals surface area contributed by atoms with Crippen LogP contribution < -0.4 is 5.32 Å². The normalized spacial score (nSPS) is 32.3. The van der Waals surface area contributed by atoms with E-state index in [2.05, 4.69) is 31.0 Å². The van der Waals surface area contributed by atoms with E-state index in [9.17, 15) is 4.79 Å². The first-order chi connectivity index (χ1) is 8.52. The molecule has 2 rings (SSSR count). The maximum atomic E-state index is 12.4. The van der Waals surface area contributed by atoms with E-state index in [0.29, 0.717) is 23.8 Å².